The number of methoxy groups -OCH3 is 1. The summed E-state index contributed by atoms with van der Waals surface area (Å²) in [4.78, 5) is 1.03. The molecule has 2 N–H and O–H groups in total. The van der Waals surface area contributed by atoms with Crippen molar-refractivity contribution >= 4 is 29.4 Å². The minimum absolute atomic E-state index is 0.526. The highest BCUT2D eigenvalue weighted by molar-refractivity contribution is 7.98. The molecule has 4 heteroatoms. The van der Waals surface area contributed by atoms with E-state index in [0.29, 0.717) is 11.6 Å². The largest absolute Gasteiger partial charge is 0.494 e. The van der Waals surface area contributed by atoms with Gasteiger partial charge in [-0.05, 0) is 24.0 Å². The van der Waals surface area contributed by atoms with Gasteiger partial charge in [-0.15, -0.1) is 11.8 Å². The van der Waals surface area contributed by atoms with Crippen LogP contribution in [0.5, 0.6) is 5.75 Å². The Morgan fingerprint density at radius 1 is 1.53 bits per heavy atom. The van der Waals surface area contributed by atoms with E-state index in [1.54, 1.807) is 18.9 Å². The molecule has 1 rings (SSSR count). The van der Waals surface area contributed by atoms with E-state index in [1.165, 1.54) is 0 Å². The maximum absolute atomic E-state index is 6.09. The maximum Gasteiger partial charge on any atom is 0.151 e. The van der Waals surface area contributed by atoms with E-state index in [4.69, 9.17) is 22.1 Å². The van der Waals surface area contributed by atoms with Gasteiger partial charge in [0.25, 0.3) is 0 Å². The molecule has 0 spiro atoms. The van der Waals surface area contributed by atoms with Gasteiger partial charge in [-0.2, -0.15) is 0 Å². The molecule has 1 aromatic carbocycles. The number of hydrogen-bond donors (Lipinski definition) is 1. The van der Waals surface area contributed by atoms with E-state index in [2.05, 4.69) is 0 Å². The molecular formula is C11H14ClNOS. The van der Waals surface area contributed by atoms with Crippen LogP contribution in [0.15, 0.2) is 23.1 Å². The van der Waals surface area contributed by atoms with Crippen LogP contribution in [0.3, 0.4) is 0 Å². The van der Waals surface area contributed by atoms with Gasteiger partial charge in [-0.3, -0.25) is 0 Å². The zero-order chi connectivity index (χ0) is 11.3. The minimum Gasteiger partial charge on any atom is -0.494 e. The van der Waals surface area contributed by atoms with Gasteiger partial charge in [-0.1, -0.05) is 23.8 Å². The van der Waals surface area contributed by atoms with Gasteiger partial charge in [-0.25, -0.2) is 0 Å². The Kier molecular flexibility index (Phi) is 5.02. The molecule has 0 aliphatic rings. The molecule has 0 saturated heterocycles. The number of halogens is 1. The van der Waals surface area contributed by atoms with Crippen LogP contribution in [0.25, 0.3) is 6.08 Å². The molecular weight excluding hydrogens is 230 g/mol. The number of nitrogens with two attached hydrogens (primary N) is 1. The van der Waals surface area contributed by atoms with Crippen LogP contribution >= 0.6 is 23.4 Å². The van der Waals surface area contributed by atoms with Crippen molar-refractivity contribution in [1.82, 2.24) is 0 Å². The quantitative estimate of drug-likeness (QED) is 0.826. The molecule has 0 saturated carbocycles. The Hall–Kier alpha value is -0.640. The molecule has 0 heterocycles. The molecule has 1 aromatic rings. The standard InChI is InChI=1S/C11H14ClNOS/c1-14-11-9(12)6-8(4-3-5-13)7-10(11)15-2/h3-4,6-7H,5,13H2,1-2H3/b4-3+. The van der Waals surface area contributed by atoms with Crippen molar-refractivity contribution in [3.05, 3.63) is 28.8 Å². The van der Waals surface area contributed by atoms with Crippen LogP contribution in [-0.2, 0) is 0 Å². The van der Waals surface area contributed by atoms with E-state index in [-0.39, 0.29) is 0 Å². The molecule has 0 radical (unpaired) electrons. The summed E-state index contributed by atoms with van der Waals surface area (Å²) in [5.41, 5.74) is 6.43. The van der Waals surface area contributed by atoms with E-state index in [0.717, 1.165) is 16.2 Å². The van der Waals surface area contributed by atoms with Crippen LogP contribution < -0.4 is 10.5 Å². The van der Waals surface area contributed by atoms with Crippen LogP contribution in [0.4, 0.5) is 0 Å². The van der Waals surface area contributed by atoms with Gasteiger partial charge in [0.2, 0.25) is 0 Å². The molecule has 0 aliphatic carbocycles. The predicted molar refractivity (Wildman–Crippen MR) is 67.9 cm³/mol. The second kappa shape index (κ2) is 6.05. The number of thioether (sulfide) groups is 1. The number of hydrogen-bond acceptors (Lipinski definition) is 3. The highest BCUT2D eigenvalue weighted by Crippen LogP contribution is 2.36. The van der Waals surface area contributed by atoms with E-state index in [9.17, 15) is 0 Å². The monoisotopic (exact) mass is 243 g/mol. The summed E-state index contributed by atoms with van der Waals surface area (Å²) >= 11 is 7.70. The van der Waals surface area contributed by atoms with E-state index < -0.39 is 0 Å². The summed E-state index contributed by atoms with van der Waals surface area (Å²) in [6.45, 7) is 0.526. The number of benzene rings is 1. The summed E-state index contributed by atoms with van der Waals surface area (Å²) in [6.07, 6.45) is 5.83. The fourth-order valence-corrected chi connectivity index (χ4v) is 2.23. The van der Waals surface area contributed by atoms with Crippen molar-refractivity contribution in [2.75, 3.05) is 19.9 Å². The van der Waals surface area contributed by atoms with Gasteiger partial charge in [0.1, 0.15) is 0 Å². The van der Waals surface area contributed by atoms with Gasteiger partial charge in [0, 0.05) is 6.54 Å². The molecule has 82 valence electrons. The fourth-order valence-electron chi connectivity index (χ4n) is 1.24. The third kappa shape index (κ3) is 3.16. The lowest BCUT2D eigenvalue weighted by Crippen LogP contribution is -1.92. The smallest absolute Gasteiger partial charge is 0.151 e. The number of ether oxygens (including phenoxy) is 1. The van der Waals surface area contributed by atoms with Crippen molar-refractivity contribution in [2.24, 2.45) is 5.73 Å². The summed E-state index contributed by atoms with van der Waals surface area (Å²) < 4.78 is 5.22. The lowest BCUT2D eigenvalue weighted by molar-refractivity contribution is 0.405. The average molecular weight is 244 g/mol. The molecule has 0 aliphatic heterocycles. The third-order valence-corrected chi connectivity index (χ3v) is 2.93. The van der Waals surface area contributed by atoms with Crippen LogP contribution in [0.1, 0.15) is 5.56 Å². The molecule has 0 aromatic heterocycles. The topological polar surface area (TPSA) is 35.2 Å². The second-order valence-corrected chi connectivity index (χ2v) is 4.13. The molecule has 0 bridgehead atoms. The molecule has 0 atom stereocenters. The Morgan fingerprint density at radius 2 is 2.27 bits per heavy atom. The van der Waals surface area contributed by atoms with Gasteiger partial charge in [0.15, 0.2) is 5.75 Å². The Bertz CT molecular complexity index is 366. The van der Waals surface area contributed by atoms with Crippen molar-refractivity contribution < 1.29 is 4.74 Å². The maximum atomic E-state index is 6.09. The summed E-state index contributed by atoms with van der Waals surface area (Å²) in [6, 6.07) is 3.90. The summed E-state index contributed by atoms with van der Waals surface area (Å²) in [5.74, 6) is 0.731. The molecule has 0 amide bonds. The normalized spacial score (nSPS) is 10.9. The average Bonchev–Trinajstić information content (AvgIpc) is 2.25. The first kappa shape index (κ1) is 12.4. The Labute approximate surface area is 99.4 Å². The lowest BCUT2D eigenvalue weighted by Gasteiger charge is -2.09. The van der Waals surface area contributed by atoms with Gasteiger partial charge in [0.05, 0.1) is 17.0 Å². The zero-order valence-electron chi connectivity index (χ0n) is 8.79. The van der Waals surface area contributed by atoms with Crippen LogP contribution in [0.2, 0.25) is 5.02 Å². The van der Waals surface area contributed by atoms with Crippen molar-refractivity contribution in [3.8, 4) is 5.75 Å². The molecule has 0 fully saturated rings. The first-order valence-electron chi connectivity index (χ1n) is 4.51. The number of rotatable bonds is 4. The zero-order valence-corrected chi connectivity index (χ0v) is 10.4. The highest BCUT2D eigenvalue weighted by Gasteiger charge is 2.07. The first-order chi connectivity index (χ1) is 7.22. The van der Waals surface area contributed by atoms with Gasteiger partial charge < -0.3 is 10.5 Å². The van der Waals surface area contributed by atoms with Crippen molar-refractivity contribution in [2.45, 2.75) is 4.90 Å². The predicted octanol–water partition coefficient (Wildman–Crippen LogP) is 3.04. The van der Waals surface area contributed by atoms with Crippen molar-refractivity contribution in [1.29, 1.82) is 0 Å². The fraction of sp³-hybridized carbons (Fsp3) is 0.273. The molecule has 2 nitrogen and oxygen atoms in total. The molecule has 15 heavy (non-hydrogen) atoms. The van der Waals surface area contributed by atoms with Gasteiger partial charge >= 0.3 is 0 Å². The third-order valence-electron chi connectivity index (χ3n) is 1.90. The minimum atomic E-state index is 0.526. The van der Waals surface area contributed by atoms with E-state index >= 15 is 0 Å². The van der Waals surface area contributed by atoms with Crippen molar-refractivity contribution in [3.63, 3.8) is 0 Å². The Morgan fingerprint density at radius 3 is 2.80 bits per heavy atom. The highest BCUT2D eigenvalue weighted by atomic mass is 35.5. The molecule has 0 unspecified atom stereocenters. The lowest BCUT2D eigenvalue weighted by atomic mass is 10.2. The summed E-state index contributed by atoms with van der Waals surface area (Å²) in [5, 5.41) is 0.626. The summed E-state index contributed by atoms with van der Waals surface area (Å²) in [7, 11) is 1.62. The van der Waals surface area contributed by atoms with Crippen LogP contribution in [0, 0.1) is 0 Å². The van der Waals surface area contributed by atoms with E-state index in [1.807, 2.05) is 30.5 Å². The SMILES string of the molecule is COc1c(Cl)cc(/C=C/CN)cc1SC. The van der Waals surface area contributed by atoms with Crippen LogP contribution in [-0.4, -0.2) is 19.9 Å². The first-order valence-corrected chi connectivity index (χ1v) is 6.11. The second-order valence-electron chi connectivity index (χ2n) is 2.88. The Balaban J connectivity index is 3.13.